The van der Waals surface area contributed by atoms with E-state index in [9.17, 15) is 0 Å². The molecule has 6 nitrogen and oxygen atoms in total. The van der Waals surface area contributed by atoms with E-state index in [1.165, 1.54) is 0 Å². The summed E-state index contributed by atoms with van der Waals surface area (Å²) in [5.74, 6) is 2.41. The van der Waals surface area contributed by atoms with Crippen LogP contribution in [0, 0.1) is 0 Å². The van der Waals surface area contributed by atoms with Crippen molar-refractivity contribution < 1.29 is 9.47 Å². The van der Waals surface area contributed by atoms with Crippen LogP contribution in [-0.4, -0.2) is 29.4 Å². The van der Waals surface area contributed by atoms with E-state index in [-0.39, 0.29) is 0 Å². The van der Waals surface area contributed by atoms with Crippen LogP contribution in [0.3, 0.4) is 0 Å². The molecule has 2 aromatic heterocycles. The van der Waals surface area contributed by atoms with Gasteiger partial charge in [0.2, 0.25) is 0 Å². The molecule has 0 spiro atoms. The number of rotatable bonds is 4. The van der Waals surface area contributed by atoms with Crippen LogP contribution < -0.4 is 15.2 Å². The van der Waals surface area contributed by atoms with Crippen molar-refractivity contribution in [3.05, 3.63) is 29.6 Å². The van der Waals surface area contributed by atoms with Crippen molar-refractivity contribution in [3.63, 3.8) is 0 Å². The summed E-state index contributed by atoms with van der Waals surface area (Å²) in [6.45, 7) is 0. The first-order valence-corrected chi connectivity index (χ1v) is 7.09. The van der Waals surface area contributed by atoms with Gasteiger partial charge in [0.25, 0.3) is 0 Å². The molecule has 1 aromatic carbocycles. The first-order valence-electron chi connectivity index (χ1n) is 6.21. The fourth-order valence-corrected chi connectivity index (χ4v) is 2.66. The lowest BCUT2D eigenvalue weighted by molar-refractivity contribution is 0.355. The minimum absolute atomic E-state index is 0.525. The maximum atomic E-state index is 6.05. The third kappa shape index (κ3) is 2.43. The summed E-state index contributed by atoms with van der Waals surface area (Å²) in [6, 6.07) is 7.42. The zero-order valence-electron chi connectivity index (χ0n) is 11.6. The molecule has 0 fully saturated rings. The van der Waals surface area contributed by atoms with Crippen LogP contribution >= 0.6 is 11.3 Å². The monoisotopic (exact) mass is 302 g/mol. The zero-order valence-corrected chi connectivity index (χ0v) is 12.4. The average Bonchev–Trinajstić information content (AvgIpc) is 3.17. The van der Waals surface area contributed by atoms with Gasteiger partial charge >= 0.3 is 0 Å². The van der Waals surface area contributed by atoms with E-state index in [0.29, 0.717) is 34.4 Å². The third-order valence-electron chi connectivity index (χ3n) is 3.04. The van der Waals surface area contributed by atoms with Crippen molar-refractivity contribution in [1.29, 1.82) is 0 Å². The van der Waals surface area contributed by atoms with Crippen LogP contribution in [0.15, 0.2) is 29.6 Å². The number of H-pyrrole nitrogens is 1. The number of nitrogens with two attached hydrogens (primary N) is 1. The lowest BCUT2D eigenvalue weighted by atomic mass is 10.1. The van der Waals surface area contributed by atoms with Crippen LogP contribution in [0.1, 0.15) is 0 Å². The van der Waals surface area contributed by atoms with Gasteiger partial charge in [-0.05, 0) is 17.5 Å². The average molecular weight is 302 g/mol. The van der Waals surface area contributed by atoms with E-state index >= 15 is 0 Å². The molecule has 3 rings (SSSR count). The van der Waals surface area contributed by atoms with Gasteiger partial charge in [0.15, 0.2) is 23.1 Å². The molecule has 0 aliphatic heterocycles. The number of ether oxygens (including phenoxy) is 2. The predicted molar refractivity (Wildman–Crippen MR) is 82.6 cm³/mol. The minimum atomic E-state index is 0.525. The summed E-state index contributed by atoms with van der Waals surface area (Å²) in [7, 11) is 3.14. The molecule has 7 heteroatoms. The number of thiophene rings is 1. The van der Waals surface area contributed by atoms with Crippen molar-refractivity contribution in [1.82, 2.24) is 15.2 Å². The van der Waals surface area contributed by atoms with E-state index in [4.69, 9.17) is 15.2 Å². The Morgan fingerprint density at radius 2 is 1.95 bits per heavy atom. The molecule has 0 saturated heterocycles. The van der Waals surface area contributed by atoms with E-state index < -0.39 is 0 Å². The van der Waals surface area contributed by atoms with E-state index in [1.54, 1.807) is 37.7 Å². The highest BCUT2D eigenvalue weighted by molar-refractivity contribution is 7.13. The summed E-state index contributed by atoms with van der Waals surface area (Å²) < 4.78 is 10.5. The Bertz CT molecular complexity index is 752. The molecule has 0 bridgehead atoms. The van der Waals surface area contributed by atoms with Crippen molar-refractivity contribution in [2.75, 3.05) is 20.0 Å². The van der Waals surface area contributed by atoms with E-state index in [1.807, 2.05) is 17.5 Å². The van der Waals surface area contributed by atoms with E-state index in [0.717, 1.165) is 4.88 Å². The number of aromatic amines is 1. The van der Waals surface area contributed by atoms with Gasteiger partial charge in [0.05, 0.1) is 19.1 Å². The number of hydrogen-bond donors (Lipinski definition) is 2. The summed E-state index contributed by atoms with van der Waals surface area (Å²) >= 11 is 1.59. The number of anilines is 1. The second-order valence-corrected chi connectivity index (χ2v) is 5.23. The maximum absolute atomic E-state index is 6.05. The number of methoxy groups -OCH3 is 2. The first kappa shape index (κ1) is 13.4. The van der Waals surface area contributed by atoms with Gasteiger partial charge in [-0.1, -0.05) is 6.07 Å². The molecule has 3 aromatic rings. The topological polar surface area (TPSA) is 86.0 Å². The maximum Gasteiger partial charge on any atom is 0.183 e. The quantitative estimate of drug-likeness (QED) is 0.724. The van der Waals surface area contributed by atoms with Crippen molar-refractivity contribution in [2.24, 2.45) is 0 Å². The van der Waals surface area contributed by atoms with Crippen LogP contribution in [0.5, 0.6) is 11.5 Å². The molecule has 0 amide bonds. The molecule has 21 heavy (non-hydrogen) atoms. The first-order chi connectivity index (χ1) is 10.2. The van der Waals surface area contributed by atoms with Crippen LogP contribution in [-0.2, 0) is 0 Å². The summed E-state index contributed by atoms with van der Waals surface area (Å²) in [4.78, 5) is 5.50. The van der Waals surface area contributed by atoms with Crippen molar-refractivity contribution in [3.8, 4) is 33.6 Å². The zero-order chi connectivity index (χ0) is 14.8. The molecule has 0 radical (unpaired) electrons. The number of benzene rings is 1. The molecule has 2 heterocycles. The van der Waals surface area contributed by atoms with Gasteiger partial charge in [0, 0.05) is 17.3 Å². The molecule has 0 unspecified atom stereocenters. The fraction of sp³-hybridized carbons (Fsp3) is 0.143. The molecule has 0 aliphatic carbocycles. The van der Waals surface area contributed by atoms with E-state index in [2.05, 4.69) is 15.2 Å². The molecule has 108 valence electrons. The van der Waals surface area contributed by atoms with Gasteiger partial charge in [-0.15, -0.1) is 11.3 Å². The number of nitrogens with zero attached hydrogens (tertiary/aromatic N) is 2. The largest absolute Gasteiger partial charge is 0.493 e. The highest BCUT2D eigenvalue weighted by Gasteiger charge is 2.15. The SMILES string of the molecule is COc1cc(N)c(-c2n[nH]c(-c3cccs3)n2)cc1OC. The lowest BCUT2D eigenvalue weighted by Crippen LogP contribution is -1.97. The summed E-state index contributed by atoms with van der Waals surface area (Å²) in [6.07, 6.45) is 0. The number of hydrogen-bond acceptors (Lipinski definition) is 6. The number of aromatic nitrogens is 3. The Morgan fingerprint density at radius 3 is 2.62 bits per heavy atom. The molecule has 0 aliphatic rings. The van der Waals surface area contributed by atoms with Crippen LogP contribution in [0.25, 0.3) is 22.1 Å². The van der Waals surface area contributed by atoms with Crippen molar-refractivity contribution >= 4 is 17.0 Å². The standard InChI is InChI=1S/C14H14N4O2S/c1-19-10-6-8(9(15)7-11(10)20-2)13-16-14(18-17-13)12-4-3-5-21-12/h3-7H,15H2,1-2H3,(H,16,17,18). The molecular weight excluding hydrogens is 288 g/mol. The predicted octanol–water partition coefficient (Wildman–Crippen LogP) is 2.80. The highest BCUT2D eigenvalue weighted by atomic mass is 32.1. The molecule has 0 atom stereocenters. The molecule has 0 saturated carbocycles. The number of nitrogen functional groups attached to an aromatic ring is 1. The third-order valence-corrected chi connectivity index (χ3v) is 3.91. The van der Waals surface area contributed by atoms with Gasteiger partial charge in [-0.2, -0.15) is 5.10 Å². The van der Waals surface area contributed by atoms with Crippen molar-refractivity contribution in [2.45, 2.75) is 0 Å². The summed E-state index contributed by atoms with van der Waals surface area (Å²) in [5, 5.41) is 9.14. The summed E-state index contributed by atoms with van der Waals surface area (Å²) in [5.41, 5.74) is 7.29. The van der Waals surface area contributed by atoms with Gasteiger partial charge < -0.3 is 15.2 Å². The fourth-order valence-electron chi connectivity index (χ4n) is 1.99. The van der Waals surface area contributed by atoms with Crippen LogP contribution in [0.4, 0.5) is 5.69 Å². The van der Waals surface area contributed by atoms with Gasteiger partial charge in [0.1, 0.15) is 0 Å². The number of nitrogens with one attached hydrogen (secondary N) is 1. The highest BCUT2D eigenvalue weighted by Crippen LogP contribution is 2.36. The molecule has 3 N–H and O–H groups in total. The molecular formula is C14H14N4O2S. The smallest absolute Gasteiger partial charge is 0.183 e. The lowest BCUT2D eigenvalue weighted by Gasteiger charge is -2.10. The normalized spacial score (nSPS) is 10.6. The Labute approximate surface area is 125 Å². The Balaban J connectivity index is 2.04. The van der Waals surface area contributed by atoms with Gasteiger partial charge in [-0.25, -0.2) is 4.98 Å². The van der Waals surface area contributed by atoms with Gasteiger partial charge in [-0.3, -0.25) is 5.10 Å². The van der Waals surface area contributed by atoms with Crippen LogP contribution in [0.2, 0.25) is 0 Å². The Morgan fingerprint density at radius 1 is 1.19 bits per heavy atom. The second-order valence-electron chi connectivity index (χ2n) is 4.28. The second kappa shape index (κ2) is 5.45. The minimum Gasteiger partial charge on any atom is -0.493 e. The Kier molecular flexibility index (Phi) is 3.49. The Hall–Kier alpha value is -2.54.